The normalized spacial score (nSPS) is 10.5. The van der Waals surface area contributed by atoms with Crippen LogP contribution in [-0.4, -0.2) is 16.7 Å². The molecule has 0 spiro atoms. The van der Waals surface area contributed by atoms with Crippen molar-refractivity contribution in [2.75, 3.05) is 6.54 Å². The molecule has 4 nitrogen and oxygen atoms in total. The maximum atomic E-state index is 11.6. The van der Waals surface area contributed by atoms with Crippen molar-refractivity contribution in [3.05, 3.63) is 52.4 Å². The minimum Gasteiger partial charge on any atom is -0.330 e. The molecule has 18 heavy (non-hydrogen) atoms. The number of aryl methyl sites for hydroxylation is 1. The summed E-state index contributed by atoms with van der Waals surface area (Å²) in [6.45, 7) is 0.741. The summed E-state index contributed by atoms with van der Waals surface area (Å²) in [7, 11) is 0. The van der Waals surface area contributed by atoms with Crippen molar-refractivity contribution in [1.29, 1.82) is 0 Å². The summed E-state index contributed by atoms with van der Waals surface area (Å²) in [6, 6.07) is 9.80. The zero-order valence-corrected chi connectivity index (χ0v) is 10.2. The van der Waals surface area contributed by atoms with Gasteiger partial charge in [-0.3, -0.25) is 4.79 Å². The molecular weight excluding hydrogens is 226 g/mol. The van der Waals surface area contributed by atoms with Crippen LogP contribution < -0.4 is 11.3 Å². The highest BCUT2D eigenvalue weighted by molar-refractivity contribution is 5.61. The minimum atomic E-state index is -0.159. The molecule has 3 N–H and O–H groups in total. The zero-order valence-electron chi connectivity index (χ0n) is 10.2. The number of unbranched alkanes of at least 4 members (excludes halogenated alkanes) is 1. The summed E-state index contributed by atoms with van der Waals surface area (Å²) in [5, 5.41) is 6.12. The molecule has 94 valence electrons. The van der Waals surface area contributed by atoms with E-state index in [9.17, 15) is 4.79 Å². The number of hydrogen-bond donors (Lipinski definition) is 2. The quantitative estimate of drug-likeness (QED) is 0.785. The van der Waals surface area contributed by atoms with E-state index in [0.717, 1.165) is 31.4 Å². The van der Waals surface area contributed by atoms with Crippen LogP contribution in [0.15, 0.2) is 41.3 Å². The number of benzene rings is 1. The molecule has 4 heteroatoms. The van der Waals surface area contributed by atoms with Crippen LogP contribution in [-0.2, 0) is 6.42 Å². The summed E-state index contributed by atoms with van der Waals surface area (Å²) >= 11 is 0. The zero-order chi connectivity index (χ0) is 12.8. The number of nitrogens with one attached hydrogen (secondary N) is 1. The van der Waals surface area contributed by atoms with Crippen molar-refractivity contribution in [3.8, 4) is 11.1 Å². The monoisotopic (exact) mass is 243 g/mol. The van der Waals surface area contributed by atoms with Crippen LogP contribution in [0.2, 0.25) is 0 Å². The molecule has 0 saturated carbocycles. The van der Waals surface area contributed by atoms with Crippen LogP contribution in [0.25, 0.3) is 11.1 Å². The summed E-state index contributed by atoms with van der Waals surface area (Å²) in [5.74, 6) is 0. The average molecular weight is 243 g/mol. The Kier molecular flexibility index (Phi) is 4.25. The van der Waals surface area contributed by atoms with E-state index in [4.69, 9.17) is 5.73 Å². The second-order valence-electron chi connectivity index (χ2n) is 4.24. The van der Waals surface area contributed by atoms with Crippen LogP contribution in [0.4, 0.5) is 0 Å². The lowest BCUT2D eigenvalue weighted by atomic mass is 10.0. The SMILES string of the molecule is NCCCCc1ccc(-c2ccn[nH]c2=O)cc1. The van der Waals surface area contributed by atoms with Gasteiger partial charge in [-0.15, -0.1) is 0 Å². The smallest absolute Gasteiger partial charge is 0.272 e. The van der Waals surface area contributed by atoms with E-state index in [1.54, 1.807) is 12.3 Å². The number of nitrogens with zero attached hydrogens (tertiary/aromatic N) is 1. The highest BCUT2D eigenvalue weighted by Gasteiger charge is 2.02. The first kappa shape index (κ1) is 12.5. The summed E-state index contributed by atoms with van der Waals surface area (Å²) in [5.41, 5.74) is 8.15. The third kappa shape index (κ3) is 3.05. The first-order valence-electron chi connectivity index (χ1n) is 6.14. The van der Waals surface area contributed by atoms with Gasteiger partial charge in [0.15, 0.2) is 0 Å². The van der Waals surface area contributed by atoms with Gasteiger partial charge in [0.25, 0.3) is 5.56 Å². The van der Waals surface area contributed by atoms with Gasteiger partial charge in [-0.25, -0.2) is 5.10 Å². The fourth-order valence-corrected chi connectivity index (χ4v) is 1.90. The number of H-pyrrole nitrogens is 1. The summed E-state index contributed by atoms with van der Waals surface area (Å²) in [4.78, 5) is 11.6. The molecule has 2 aromatic rings. The Bertz CT molecular complexity index is 545. The van der Waals surface area contributed by atoms with Gasteiger partial charge in [0, 0.05) is 11.8 Å². The third-order valence-corrected chi connectivity index (χ3v) is 2.91. The Morgan fingerprint density at radius 3 is 2.56 bits per heavy atom. The van der Waals surface area contributed by atoms with E-state index in [1.165, 1.54) is 5.56 Å². The Hall–Kier alpha value is -1.94. The Morgan fingerprint density at radius 1 is 1.11 bits per heavy atom. The van der Waals surface area contributed by atoms with Gasteiger partial charge in [0.2, 0.25) is 0 Å². The fourth-order valence-electron chi connectivity index (χ4n) is 1.90. The molecule has 0 fully saturated rings. The molecule has 1 heterocycles. The molecule has 0 atom stereocenters. The van der Waals surface area contributed by atoms with Crippen molar-refractivity contribution in [3.63, 3.8) is 0 Å². The Morgan fingerprint density at radius 2 is 1.89 bits per heavy atom. The molecule has 0 unspecified atom stereocenters. The standard InChI is InChI=1S/C14H17N3O/c15-9-2-1-3-11-4-6-12(7-5-11)13-8-10-16-17-14(13)18/h4-8,10H,1-3,9,15H2,(H,17,18). The number of rotatable bonds is 5. The van der Waals surface area contributed by atoms with Gasteiger partial charge in [0.1, 0.15) is 0 Å². The van der Waals surface area contributed by atoms with E-state index in [0.29, 0.717) is 5.56 Å². The molecule has 0 saturated heterocycles. The van der Waals surface area contributed by atoms with Crippen molar-refractivity contribution < 1.29 is 0 Å². The van der Waals surface area contributed by atoms with E-state index < -0.39 is 0 Å². The number of aromatic nitrogens is 2. The molecule has 2 rings (SSSR count). The molecule has 0 bridgehead atoms. The molecule has 0 aliphatic rings. The van der Waals surface area contributed by atoms with Gasteiger partial charge < -0.3 is 5.73 Å². The molecule has 0 aliphatic heterocycles. The number of hydrogen-bond acceptors (Lipinski definition) is 3. The van der Waals surface area contributed by atoms with Gasteiger partial charge in [0.05, 0.1) is 0 Å². The van der Waals surface area contributed by atoms with Crippen LogP contribution in [0.5, 0.6) is 0 Å². The minimum absolute atomic E-state index is 0.159. The van der Waals surface area contributed by atoms with Gasteiger partial charge in [-0.1, -0.05) is 24.3 Å². The molecule has 0 radical (unpaired) electrons. The lowest BCUT2D eigenvalue weighted by Crippen LogP contribution is -2.09. The highest BCUT2D eigenvalue weighted by Crippen LogP contribution is 2.16. The van der Waals surface area contributed by atoms with Gasteiger partial charge in [-0.2, -0.15) is 5.10 Å². The number of nitrogens with two attached hydrogens (primary N) is 1. The molecular formula is C14H17N3O. The van der Waals surface area contributed by atoms with Crippen LogP contribution in [0.1, 0.15) is 18.4 Å². The average Bonchev–Trinajstić information content (AvgIpc) is 2.41. The lowest BCUT2D eigenvalue weighted by molar-refractivity contribution is 0.745. The maximum Gasteiger partial charge on any atom is 0.272 e. The van der Waals surface area contributed by atoms with E-state index in [1.807, 2.05) is 12.1 Å². The fraction of sp³-hybridized carbons (Fsp3) is 0.286. The van der Waals surface area contributed by atoms with Gasteiger partial charge >= 0.3 is 0 Å². The summed E-state index contributed by atoms with van der Waals surface area (Å²) < 4.78 is 0. The molecule has 0 amide bonds. The van der Waals surface area contributed by atoms with Crippen molar-refractivity contribution >= 4 is 0 Å². The Labute approximate surface area is 106 Å². The van der Waals surface area contributed by atoms with Crippen LogP contribution >= 0.6 is 0 Å². The topological polar surface area (TPSA) is 71.8 Å². The van der Waals surface area contributed by atoms with E-state index >= 15 is 0 Å². The van der Waals surface area contributed by atoms with Gasteiger partial charge in [-0.05, 0) is 43.0 Å². The maximum absolute atomic E-state index is 11.6. The van der Waals surface area contributed by atoms with Crippen LogP contribution in [0, 0.1) is 0 Å². The highest BCUT2D eigenvalue weighted by atomic mass is 16.1. The predicted octanol–water partition coefficient (Wildman–Crippen LogP) is 1.72. The largest absolute Gasteiger partial charge is 0.330 e. The second kappa shape index (κ2) is 6.12. The Balaban J connectivity index is 2.13. The second-order valence-corrected chi connectivity index (χ2v) is 4.24. The first-order valence-corrected chi connectivity index (χ1v) is 6.14. The molecule has 1 aromatic carbocycles. The van der Waals surface area contributed by atoms with Crippen LogP contribution in [0.3, 0.4) is 0 Å². The first-order chi connectivity index (χ1) is 8.81. The van der Waals surface area contributed by atoms with E-state index in [2.05, 4.69) is 22.3 Å². The molecule has 0 aliphatic carbocycles. The third-order valence-electron chi connectivity index (χ3n) is 2.91. The number of aromatic amines is 1. The summed E-state index contributed by atoms with van der Waals surface area (Å²) in [6.07, 6.45) is 4.77. The lowest BCUT2D eigenvalue weighted by Gasteiger charge is -2.03. The van der Waals surface area contributed by atoms with E-state index in [-0.39, 0.29) is 5.56 Å². The van der Waals surface area contributed by atoms with Crippen molar-refractivity contribution in [2.45, 2.75) is 19.3 Å². The van der Waals surface area contributed by atoms with Crippen molar-refractivity contribution in [1.82, 2.24) is 10.2 Å². The molecule has 1 aromatic heterocycles. The van der Waals surface area contributed by atoms with Crippen molar-refractivity contribution in [2.24, 2.45) is 5.73 Å². The predicted molar refractivity (Wildman–Crippen MR) is 72.3 cm³/mol.